The zero-order valence-corrected chi connectivity index (χ0v) is 18.7. The Hall–Kier alpha value is -1.22. The number of carbonyl (C=O) groups is 1. The molecule has 8 heteroatoms. The third kappa shape index (κ3) is 7.99. The summed E-state index contributed by atoms with van der Waals surface area (Å²) in [5.74, 6) is 1.18. The average Bonchev–Trinajstić information content (AvgIpc) is 3.28. The van der Waals surface area contributed by atoms with Crippen LogP contribution in [0.5, 0.6) is 0 Å². The van der Waals surface area contributed by atoms with Crippen molar-refractivity contribution in [1.29, 1.82) is 0 Å². The highest BCUT2D eigenvalue weighted by Gasteiger charge is 2.39. The molecule has 0 spiro atoms. The van der Waals surface area contributed by atoms with Crippen LogP contribution in [-0.4, -0.2) is 43.8 Å². The van der Waals surface area contributed by atoms with E-state index in [9.17, 15) is 4.79 Å². The smallest absolute Gasteiger partial charge is 0.407 e. The quantitative estimate of drug-likeness (QED) is 0.253. The van der Waals surface area contributed by atoms with Crippen molar-refractivity contribution in [2.75, 3.05) is 20.1 Å². The molecule has 0 bridgehead atoms. The lowest BCUT2D eigenvalue weighted by Crippen LogP contribution is -2.43. The van der Waals surface area contributed by atoms with E-state index < -0.39 is 11.7 Å². The lowest BCUT2D eigenvalue weighted by Gasteiger charge is -2.20. The summed E-state index contributed by atoms with van der Waals surface area (Å²) in [5.41, 5.74) is 0.753. The predicted molar refractivity (Wildman–Crippen MR) is 117 cm³/mol. The second-order valence-electron chi connectivity index (χ2n) is 7.08. The monoisotopic (exact) mass is 494 g/mol. The molecule has 1 aromatic rings. The van der Waals surface area contributed by atoms with E-state index in [2.05, 4.69) is 27.0 Å². The van der Waals surface area contributed by atoms with Gasteiger partial charge in [-0.05, 0) is 44.9 Å². The molecule has 2 rings (SSSR count). The van der Waals surface area contributed by atoms with Crippen LogP contribution in [0.1, 0.15) is 38.7 Å². The number of aliphatic imine (C=N–C) groups is 1. The van der Waals surface area contributed by atoms with Gasteiger partial charge in [0.15, 0.2) is 5.96 Å². The second-order valence-corrected chi connectivity index (χ2v) is 7.51. The molecule has 1 fully saturated rings. The molecule has 6 nitrogen and oxygen atoms in total. The van der Waals surface area contributed by atoms with Gasteiger partial charge in [0, 0.05) is 37.1 Å². The van der Waals surface area contributed by atoms with Crippen molar-refractivity contribution in [1.82, 2.24) is 16.0 Å². The Bertz CT molecular complexity index is 634. The average molecular weight is 495 g/mol. The number of rotatable bonds is 5. The van der Waals surface area contributed by atoms with E-state index in [0.717, 1.165) is 17.4 Å². The van der Waals surface area contributed by atoms with Gasteiger partial charge in [0.05, 0.1) is 0 Å². The van der Waals surface area contributed by atoms with E-state index in [4.69, 9.17) is 16.3 Å². The fraction of sp³-hybridized carbons (Fsp3) is 0.556. The van der Waals surface area contributed by atoms with Crippen LogP contribution >= 0.6 is 35.6 Å². The van der Waals surface area contributed by atoms with Crippen molar-refractivity contribution in [2.45, 2.75) is 44.8 Å². The first-order valence-electron chi connectivity index (χ1n) is 8.48. The number of ether oxygens (including phenoxy) is 1. The number of amides is 1. The van der Waals surface area contributed by atoms with E-state index in [1.54, 1.807) is 7.05 Å². The Morgan fingerprint density at radius 2 is 2.00 bits per heavy atom. The molecule has 1 saturated carbocycles. The molecule has 0 aliphatic heterocycles. The second kappa shape index (κ2) is 10.2. The summed E-state index contributed by atoms with van der Waals surface area (Å²) in [6, 6.07) is 8.31. The Labute approximate surface area is 177 Å². The molecule has 0 aromatic heterocycles. The maximum absolute atomic E-state index is 11.6. The standard InChI is InChI=1S/C18H27ClN4O2.HI/c1-18(2,3)25-17(24)22-9-8-21-16(20-4)23-15-11-14(15)12-6-5-7-13(19)10-12;/h5-7,10,14-15H,8-9,11H2,1-4H3,(H,22,24)(H2,20,21,23);1H. The van der Waals surface area contributed by atoms with Crippen LogP contribution in [0.25, 0.3) is 0 Å². The molecular formula is C18H28ClIN4O2. The van der Waals surface area contributed by atoms with Gasteiger partial charge in [-0.3, -0.25) is 4.99 Å². The van der Waals surface area contributed by atoms with Crippen LogP contribution in [-0.2, 0) is 4.74 Å². The van der Waals surface area contributed by atoms with Crippen molar-refractivity contribution in [3.05, 3.63) is 34.9 Å². The maximum atomic E-state index is 11.6. The normalized spacial score (nSPS) is 19.2. The molecule has 146 valence electrons. The molecule has 26 heavy (non-hydrogen) atoms. The Balaban J connectivity index is 0.00000338. The molecule has 1 aliphatic carbocycles. The number of hydrogen-bond donors (Lipinski definition) is 3. The minimum atomic E-state index is -0.490. The topological polar surface area (TPSA) is 74.8 Å². The molecule has 0 heterocycles. The Kier molecular flexibility index (Phi) is 8.95. The lowest BCUT2D eigenvalue weighted by molar-refractivity contribution is 0.0529. The van der Waals surface area contributed by atoms with E-state index in [0.29, 0.717) is 25.0 Å². The first-order valence-corrected chi connectivity index (χ1v) is 8.86. The summed E-state index contributed by atoms with van der Waals surface area (Å²) in [7, 11) is 1.73. The zero-order chi connectivity index (χ0) is 18.4. The van der Waals surface area contributed by atoms with Gasteiger partial charge in [0.2, 0.25) is 0 Å². The summed E-state index contributed by atoms with van der Waals surface area (Å²) in [6.45, 7) is 6.53. The van der Waals surface area contributed by atoms with Crippen LogP contribution in [0.3, 0.4) is 0 Å². The highest BCUT2D eigenvalue weighted by atomic mass is 127. The van der Waals surface area contributed by atoms with E-state index in [1.165, 1.54) is 5.56 Å². The summed E-state index contributed by atoms with van der Waals surface area (Å²) < 4.78 is 5.18. The molecule has 2 atom stereocenters. The van der Waals surface area contributed by atoms with Crippen molar-refractivity contribution in [3.8, 4) is 0 Å². The molecule has 1 amide bonds. The highest BCUT2D eigenvalue weighted by Crippen LogP contribution is 2.41. The van der Waals surface area contributed by atoms with Crippen molar-refractivity contribution < 1.29 is 9.53 Å². The third-order valence-corrected chi connectivity index (χ3v) is 3.93. The molecule has 0 radical (unpaired) electrons. The first-order chi connectivity index (χ1) is 11.8. The van der Waals surface area contributed by atoms with Gasteiger partial charge in [-0.15, -0.1) is 24.0 Å². The van der Waals surface area contributed by atoms with Gasteiger partial charge in [0.25, 0.3) is 0 Å². The SMILES string of the molecule is CN=C(NCCNC(=O)OC(C)(C)C)NC1CC1c1cccc(Cl)c1.I. The van der Waals surface area contributed by atoms with Crippen LogP contribution in [0.4, 0.5) is 4.79 Å². The molecule has 1 aliphatic rings. The molecule has 0 saturated heterocycles. The molecular weight excluding hydrogens is 467 g/mol. The highest BCUT2D eigenvalue weighted by molar-refractivity contribution is 14.0. The van der Waals surface area contributed by atoms with Crippen molar-refractivity contribution in [3.63, 3.8) is 0 Å². The Morgan fingerprint density at radius 3 is 2.62 bits per heavy atom. The lowest BCUT2D eigenvalue weighted by atomic mass is 10.1. The summed E-state index contributed by atoms with van der Waals surface area (Å²) in [4.78, 5) is 15.8. The number of guanidine groups is 1. The number of nitrogens with one attached hydrogen (secondary N) is 3. The number of hydrogen-bond acceptors (Lipinski definition) is 3. The van der Waals surface area contributed by atoms with Gasteiger partial charge in [-0.1, -0.05) is 23.7 Å². The van der Waals surface area contributed by atoms with Crippen molar-refractivity contribution in [2.24, 2.45) is 4.99 Å². The zero-order valence-electron chi connectivity index (χ0n) is 15.6. The van der Waals surface area contributed by atoms with Crippen LogP contribution in [0.15, 0.2) is 29.3 Å². The van der Waals surface area contributed by atoms with E-state index >= 15 is 0 Å². The van der Waals surface area contributed by atoms with Crippen molar-refractivity contribution >= 4 is 47.6 Å². The fourth-order valence-electron chi connectivity index (χ4n) is 2.49. The van der Waals surface area contributed by atoms with Crippen LogP contribution in [0.2, 0.25) is 5.02 Å². The minimum absolute atomic E-state index is 0. The third-order valence-electron chi connectivity index (χ3n) is 3.70. The summed E-state index contributed by atoms with van der Waals surface area (Å²) in [6.07, 6.45) is 0.637. The number of carbonyl (C=O) groups excluding carboxylic acids is 1. The van der Waals surface area contributed by atoms with E-state index in [-0.39, 0.29) is 24.0 Å². The van der Waals surface area contributed by atoms with Gasteiger partial charge in [-0.2, -0.15) is 0 Å². The van der Waals surface area contributed by atoms with Gasteiger partial charge >= 0.3 is 6.09 Å². The fourth-order valence-corrected chi connectivity index (χ4v) is 2.69. The molecule has 1 aromatic carbocycles. The maximum Gasteiger partial charge on any atom is 0.407 e. The number of nitrogens with zero attached hydrogens (tertiary/aromatic N) is 1. The van der Waals surface area contributed by atoms with Gasteiger partial charge in [0.1, 0.15) is 5.60 Å². The van der Waals surface area contributed by atoms with Crippen LogP contribution in [0, 0.1) is 0 Å². The van der Waals surface area contributed by atoms with E-state index in [1.807, 2.05) is 39.0 Å². The molecule has 3 N–H and O–H groups in total. The summed E-state index contributed by atoms with van der Waals surface area (Å²) >= 11 is 6.05. The molecule has 2 unspecified atom stereocenters. The minimum Gasteiger partial charge on any atom is -0.444 e. The van der Waals surface area contributed by atoms with Gasteiger partial charge in [-0.25, -0.2) is 4.79 Å². The predicted octanol–water partition coefficient (Wildman–Crippen LogP) is 3.50. The first kappa shape index (κ1) is 22.8. The number of alkyl carbamates (subject to hydrolysis) is 1. The number of benzene rings is 1. The largest absolute Gasteiger partial charge is 0.444 e. The van der Waals surface area contributed by atoms with Gasteiger partial charge < -0.3 is 20.7 Å². The number of halogens is 2. The summed E-state index contributed by atoms with van der Waals surface area (Å²) in [5, 5.41) is 10.0. The Morgan fingerprint density at radius 1 is 1.31 bits per heavy atom. The van der Waals surface area contributed by atoms with Crippen LogP contribution < -0.4 is 16.0 Å².